The largest absolute Gasteiger partial charge is 0.497 e. The molecule has 2 rings (SSSR count). The van der Waals surface area contributed by atoms with Gasteiger partial charge in [0, 0.05) is 32.4 Å². The summed E-state index contributed by atoms with van der Waals surface area (Å²) in [5, 5.41) is 3.00. The minimum Gasteiger partial charge on any atom is -0.497 e. The molecule has 0 aromatic heterocycles. The predicted molar refractivity (Wildman–Crippen MR) is 115 cm³/mol. The zero-order valence-corrected chi connectivity index (χ0v) is 18.5. The van der Waals surface area contributed by atoms with Crippen LogP contribution in [0.4, 0.5) is 5.69 Å². The second-order valence-corrected chi connectivity index (χ2v) is 8.22. The number of methoxy groups -OCH3 is 1. The van der Waals surface area contributed by atoms with Gasteiger partial charge in [0.25, 0.3) is 10.2 Å². The molecule has 10 heteroatoms. The van der Waals surface area contributed by atoms with Crippen molar-refractivity contribution in [1.29, 1.82) is 0 Å². The molecule has 1 saturated heterocycles. The summed E-state index contributed by atoms with van der Waals surface area (Å²) in [6.07, 6.45) is 2.64. The number of hydrogen-bond donors (Lipinski definition) is 2. The Balaban J connectivity index is 0.00000338. The fourth-order valence-electron chi connectivity index (χ4n) is 2.74. The molecule has 148 valence electrons. The van der Waals surface area contributed by atoms with Crippen LogP contribution < -0.4 is 15.8 Å². The standard InChI is InChI=1S/C16H27N5O3S.HI/c1-20(2)25(22,23)21-11-5-4-6-14(21)12-18-16(17)19-13-7-9-15(24-3)10-8-13;/h7-10,14H,4-6,11-12H2,1-3H3,(H3,17,18,19);1H. The van der Waals surface area contributed by atoms with Crippen LogP contribution in [0.15, 0.2) is 29.3 Å². The zero-order valence-electron chi connectivity index (χ0n) is 15.4. The van der Waals surface area contributed by atoms with E-state index in [1.54, 1.807) is 21.2 Å². The van der Waals surface area contributed by atoms with Crippen molar-refractivity contribution in [1.82, 2.24) is 8.61 Å². The lowest BCUT2D eigenvalue weighted by atomic mass is 10.1. The topological polar surface area (TPSA) is 100 Å². The first-order valence-electron chi connectivity index (χ1n) is 8.25. The number of nitrogens with two attached hydrogens (primary N) is 1. The van der Waals surface area contributed by atoms with Crippen molar-refractivity contribution in [2.45, 2.75) is 25.3 Å². The van der Waals surface area contributed by atoms with Crippen molar-refractivity contribution in [3.8, 4) is 5.75 Å². The van der Waals surface area contributed by atoms with Crippen molar-refractivity contribution in [3.63, 3.8) is 0 Å². The van der Waals surface area contributed by atoms with Gasteiger partial charge < -0.3 is 15.8 Å². The Hall–Kier alpha value is -1.11. The van der Waals surface area contributed by atoms with Gasteiger partial charge in [0.1, 0.15) is 5.75 Å². The van der Waals surface area contributed by atoms with E-state index in [4.69, 9.17) is 10.5 Å². The molecule has 0 radical (unpaired) electrons. The second-order valence-electron chi connectivity index (χ2n) is 6.13. The number of nitrogens with one attached hydrogen (secondary N) is 1. The minimum atomic E-state index is -3.44. The molecule has 1 aliphatic rings. The lowest BCUT2D eigenvalue weighted by Crippen LogP contribution is -2.50. The molecular weight excluding hydrogens is 469 g/mol. The van der Waals surface area contributed by atoms with Crippen LogP contribution in [-0.2, 0) is 10.2 Å². The Kier molecular flexibility index (Phi) is 9.07. The fourth-order valence-corrected chi connectivity index (χ4v) is 4.06. The molecule has 0 saturated carbocycles. The molecule has 0 amide bonds. The number of guanidine groups is 1. The molecule has 26 heavy (non-hydrogen) atoms. The molecule has 8 nitrogen and oxygen atoms in total. The van der Waals surface area contributed by atoms with Gasteiger partial charge in [-0.3, -0.25) is 4.99 Å². The summed E-state index contributed by atoms with van der Waals surface area (Å²) in [6, 6.07) is 7.15. The third-order valence-electron chi connectivity index (χ3n) is 4.17. The number of anilines is 1. The van der Waals surface area contributed by atoms with Crippen molar-refractivity contribution < 1.29 is 13.2 Å². The Bertz CT molecular complexity index is 694. The highest BCUT2D eigenvalue weighted by Crippen LogP contribution is 2.22. The number of rotatable bonds is 6. The van der Waals surface area contributed by atoms with Crippen LogP contribution in [0.25, 0.3) is 0 Å². The van der Waals surface area contributed by atoms with Crippen LogP contribution in [0.1, 0.15) is 19.3 Å². The smallest absolute Gasteiger partial charge is 0.281 e. The Morgan fingerprint density at radius 3 is 2.58 bits per heavy atom. The monoisotopic (exact) mass is 497 g/mol. The predicted octanol–water partition coefficient (Wildman–Crippen LogP) is 1.70. The Morgan fingerprint density at radius 2 is 2.00 bits per heavy atom. The third kappa shape index (κ3) is 5.96. The number of piperidine rings is 1. The first-order chi connectivity index (χ1) is 11.8. The first-order valence-corrected chi connectivity index (χ1v) is 9.64. The van der Waals surface area contributed by atoms with Crippen LogP contribution in [0.3, 0.4) is 0 Å². The van der Waals surface area contributed by atoms with Crippen LogP contribution in [-0.4, -0.2) is 63.3 Å². The van der Waals surface area contributed by atoms with Gasteiger partial charge >= 0.3 is 0 Å². The van der Waals surface area contributed by atoms with Crippen molar-refractivity contribution in [3.05, 3.63) is 24.3 Å². The molecule has 1 aliphatic heterocycles. The maximum Gasteiger partial charge on any atom is 0.281 e. The highest BCUT2D eigenvalue weighted by atomic mass is 127. The van der Waals surface area contributed by atoms with Gasteiger partial charge in [0.15, 0.2) is 5.96 Å². The van der Waals surface area contributed by atoms with E-state index in [0.29, 0.717) is 13.1 Å². The van der Waals surface area contributed by atoms with Crippen LogP contribution in [0.2, 0.25) is 0 Å². The molecule has 1 aromatic rings. The average Bonchev–Trinajstić information content (AvgIpc) is 2.60. The van der Waals surface area contributed by atoms with Crippen molar-refractivity contribution >= 4 is 45.8 Å². The molecule has 1 heterocycles. The van der Waals surface area contributed by atoms with Crippen molar-refractivity contribution in [2.75, 3.05) is 39.6 Å². The fraction of sp³-hybridized carbons (Fsp3) is 0.562. The van der Waals surface area contributed by atoms with Crippen LogP contribution in [0, 0.1) is 0 Å². The van der Waals surface area contributed by atoms with Gasteiger partial charge in [-0.25, -0.2) is 0 Å². The van der Waals surface area contributed by atoms with E-state index in [9.17, 15) is 8.42 Å². The number of benzene rings is 1. The molecule has 1 fully saturated rings. The van der Waals surface area contributed by atoms with E-state index in [1.807, 2.05) is 24.3 Å². The van der Waals surface area contributed by atoms with Gasteiger partial charge in [-0.15, -0.1) is 24.0 Å². The van der Waals surface area contributed by atoms with Gasteiger partial charge in [-0.2, -0.15) is 17.0 Å². The summed E-state index contributed by atoms with van der Waals surface area (Å²) < 4.78 is 32.8. The summed E-state index contributed by atoms with van der Waals surface area (Å²) in [5.41, 5.74) is 6.73. The average molecular weight is 497 g/mol. The van der Waals surface area contributed by atoms with E-state index >= 15 is 0 Å². The van der Waals surface area contributed by atoms with Gasteiger partial charge in [0.05, 0.1) is 13.7 Å². The summed E-state index contributed by atoms with van der Waals surface area (Å²) >= 11 is 0. The number of aliphatic imine (C=N–C) groups is 1. The van der Waals surface area contributed by atoms with E-state index in [1.165, 1.54) is 8.61 Å². The summed E-state index contributed by atoms with van der Waals surface area (Å²) in [4.78, 5) is 4.34. The lowest BCUT2D eigenvalue weighted by molar-refractivity contribution is 0.245. The Morgan fingerprint density at radius 1 is 1.35 bits per heavy atom. The number of hydrogen-bond acceptors (Lipinski definition) is 4. The van der Waals surface area contributed by atoms with Crippen molar-refractivity contribution in [2.24, 2.45) is 10.7 Å². The first kappa shape index (κ1) is 22.9. The quantitative estimate of drug-likeness (QED) is 0.354. The van der Waals surface area contributed by atoms with Gasteiger partial charge in [-0.1, -0.05) is 6.42 Å². The van der Waals surface area contributed by atoms with E-state index in [0.717, 1.165) is 30.7 Å². The normalized spacial score (nSPS) is 19.1. The number of nitrogens with zero attached hydrogens (tertiary/aromatic N) is 3. The zero-order chi connectivity index (χ0) is 18.4. The summed E-state index contributed by atoms with van der Waals surface area (Å²) in [7, 11) is 1.26. The second kappa shape index (κ2) is 10.3. The molecule has 0 spiro atoms. The number of ether oxygens (including phenoxy) is 1. The molecule has 1 atom stereocenters. The molecular formula is C16H28IN5O3S. The van der Waals surface area contributed by atoms with Crippen LogP contribution >= 0.6 is 24.0 Å². The highest BCUT2D eigenvalue weighted by Gasteiger charge is 2.33. The lowest BCUT2D eigenvalue weighted by Gasteiger charge is -2.35. The van der Waals surface area contributed by atoms with E-state index in [-0.39, 0.29) is 36.0 Å². The number of halogens is 1. The van der Waals surface area contributed by atoms with Gasteiger partial charge in [0.2, 0.25) is 0 Å². The molecule has 1 unspecified atom stereocenters. The highest BCUT2D eigenvalue weighted by molar-refractivity contribution is 14.0. The maximum atomic E-state index is 12.4. The summed E-state index contributed by atoms with van der Waals surface area (Å²) in [6.45, 7) is 0.856. The van der Waals surface area contributed by atoms with Gasteiger partial charge in [-0.05, 0) is 37.1 Å². The Labute approximate surface area is 173 Å². The maximum absolute atomic E-state index is 12.4. The SMILES string of the molecule is COc1ccc(NC(N)=NCC2CCCCN2S(=O)(=O)N(C)C)cc1.I. The van der Waals surface area contributed by atoms with Crippen LogP contribution in [0.5, 0.6) is 5.75 Å². The minimum absolute atomic E-state index is 0. The van der Waals surface area contributed by atoms with E-state index < -0.39 is 10.2 Å². The van der Waals surface area contributed by atoms with E-state index in [2.05, 4.69) is 10.3 Å². The molecule has 0 aliphatic carbocycles. The molecule has 3 N–H and O–H groups in total. The summed E-state index contributed by atoms with van der Waals surface area (Å²) in [5.74, 6) is 1.02. The molecule has 0 bridgehead atoms. The third-order valence-corrected chi connectivity index (χ3v) is 6.16. The molecule has 1 aromatic carbocycles.